The van der Waals surface area contributed by atoms with Crippen LogP contribution in [0.15, 0.2) is 24.3 Å². The lowest BCUT2D eigenvalue weighted by Gasteiger charge is -2.18. The summed E-state index contributed by atoms with van der Waals surface area (Å²) in [6, 6.07) is 5.46. The molecule has 0 aliphatic carbocycles. The van der Waals surface area contributed by atoms with E-state index in [0.29, 0.717) is 19.0 Å². The summed E-state index contributed by atoms with van der Waals surface area (Å²) in [5, 5.41) is -0.495. The monoisotopic (exact) mass is 224 g/mol. The number of rotatable bonds is 2. The van der Waals surface area contributed by atoms with Gasteiger partial charge in [-0.2, -0.15) is 0 Å². The summed E-state index contributed by atoms with van der Waals surface area (Å²) in [4.78, 5) is 10.5. The molecule has 0 saturated carbocycles. The molecule has 0 N–H and O–H groups in total. The summed E-state index contributed by atoms with van der Waals surface area (Å²) in [6.07, 6.45) is 2.93. The second kappa shape index (κ2) is 4.36. The summed E-state index contributed by atoms with van der Waals surface area (Å²) in [6.45, 7) is 1.12. The maximum absolute atomic E-state index is 10.5. The topological polar surface area (TPSA) is 35.5 Å². The van der Waals surface area contributed by atoms with Gasteiger partial charge >= 0.3 is 0 Å². The Labute approximate surface area is 92.3 Å². The van der Waals surface area contributed by atoms with Crippen LogP contribution in [-0.2, 0) is 4.79 Å². The first-order chi connectivity index (χ1) is 7.25. The molecule has 0 bridgehead atoms. The van der Waals surface area contributed by atoms with Crippen LogP contribution in [0.1, 0.15) is 5.56 Å². The predicted molar refractivity (Wildman–Crippen MR) is 57.3 cm³/mol. The third-order valence-corrected chi connectivity index (χ3v) is 2.10. The van der Waals surface area contributed by atoms with E-state index in [4.69, 9.17) is 21.1 Å². The van der Waals surface area contributed by atoms with Crippen LogP contribution in [0, 0.1) is 0 Å². The fourth-order valence-electron chi connectivity index (χ4n) is 1.33. The van der Waals surface area contributed by atoms with Crippen molar-refractivity contribution in [2.24, 2.45) is 0 Å². The van der Waals surface area contributed by atoms with E-state index in [2.05, 4.69) is 0 Å². The average Bonchev–Trinajstić information content (AvgIpc) is 2.26. The molecule has 1 aliphatic rings. The molecule has 3 nitrogen and oxygen atoms in total. The van der Waals surface area contributed by atoms with Crippen LogP contribution in [0.4, 0.5) is 0 Å². The molecule has 0 saturated heterocycles. The molecule has 4 heteroatoms. The molecule has 0 spiro atoms. The summed E-state index contributed by atoms with van der Waals surface area (Å²) in [7, 11) is 0. The predicted octanol–water partition coefficient (Wildman–Crippen LogP) is 2.24. The maximum atomic E-state index is 10.5. The van der Waals surface area contributed by atoms with Crippen molar-refractivity contribution in [3.05, 3.63) is 29.8 Å². The fraction of sp³-hybridized carbons (Fsp3) is 0.182. The van der Waals surface area contributed by atoms with Crippen LogP contribution in [-0.4, -0.2) is 18.5 Å². The van der Waals surface area contributed by atoms with E-state index in [9.17, 15) is 4.79 Å². The minimum Gasteiger partial charge on any atom is -0.486 e. The van der Waals surface area contributed by atoms with Crippen LogP contribution in [0.5, 0.6) is 11.5 Å². The average molecular weight is 225 g/mol. The quantitative estimate of drug-likeness (QED) is 0.571. The second-order valence-electron chi connectivity index (χ2n) is 3.04. The van der Waals surface area contributed by atoms with Crippen molar-refractivity contribution >= 4 is 22.9 Å². The number of carbonyl (C=O) groups is 1. The summed E-state index contributed by atoms with van der Waals surface area (Å²) in [5.41, 5.74) is 0.855. The highest BCUT2D eigenvalue weighted by atomic mass is 35.5. The van der Waals surface area contributed by atoms with E-state index < -0.39 is 5.24 Å². The Kier molecular flexibility index (Phi) is 2.92. The van der Waals surface area contributed by atoms with Crippen molar-refractivity contribution in [3.8, 4) is 11.5 Å². The van der Waals surface area contributed by atoms with Gasteiger partial charge in [0.05, 0.1) is 0 Å². The van der Waals surface area contributed by atoms with Crippen LogP contribution in [0.3, 0.4) is 0 Å². The SMILES string of the molecule is O=C(Cl)/C=C/c1ccc2c(c1)OCCO2. The van der Waals surface area contributed by atoms with Crippen molar-refractivity contribution in [2.45, 2.75) is 0 Å². The Bertz CT molecular complexity index is 412. The van der Waals surface area contributed by atoms with E-state index in [0.717, 1.165) is 11.3 Å². The minimum absolute atomic E-state index is 0.495. The highest BCUT2D eigenvalue weighted by molar-refractivity contribution is 6.66. The molecule has 0 amide bonds. The first-order valence-corrected chi connectivity index (χ1v) is 4.91. The Morgan fingerprint density at radius 3 is 2.73 bits per heavy atom. The Morgan fingerprint density at radius 2 is 2.00 bits per heavy atom. The molecule has 0 unspecified atom stereocenters. The van der Waals surface area contributed by atoms with E-state index in [1.807, 2.05) is 18.2 Å². The molecule has 0 atom stereocenters. The van der Waals surface area contributed by atoms with Gasteiger partial charge < -0.3 is 9.47 Å². The Morgan fingerprint density at radius 1 is 1.27 bits per heavy atom. The number of benzene rings is 1. The number of carbonyl (C=O) groups excluding carboxylic acids is 1. The van der Waals surface area contributed by atoms with Gasteiger partial charge in [0.25, 0.3) is 0 Å². The third-order valence-electron chi connectivity index (χ3n) is 1.97. The van der Waals surface area contributed by atoms with Gasteiger partial charge in [-0.05, 0) is 35.4 Å². The molecular formula is C11H9ClO3. The number of hydrogen-bond acceptors (Lipinski definition) is 3. The number of halogens is 1. The van der Waals surface area contributed by atoms with Gasteiger partial charge in [-0.15, -0.1) is 0 Å². The van der Waals surface area contributed by atoms with Crippen molar-refractivity contribution in [1.29, 1.82) is 0 Å². The van der Waals surface area contributed by atoms with E-state index in [1.165, 1.54) is 6.08 Å². The minimum atomic E-state index is -0.495. The zero-order valence-electron chi connectivity index (χ0n) is 7.90. The molecule has 0 aromatic heterocycles. The smallest absolute Gasteiger partial charge is 0.245 e. The zero-order valence-corrected chi connectivity index (χ0v) is 8.66. The Balaban J connectivity index is 2.24. The van der Waals surface area contributed by atoms with Crippen molar-refractivity contribution in [2.75, 3.05) is 13.2 Å². The van der Waals surface area contributed by atoms with E-state index >= 15 is 0 Å². The summed E-state index contributed by atoms with van der Waals surface area (Å²) >= 11 is 5.19. The van der Waals surface area contributed by atoms with E-state index in [1.54, 1.807) is 6.08 Å². The third kappa shape index (κ3) is 2.50. The fourth-order valence-corrected chi connectivity index (χ4v) is 1.39. The van der Waals surface area contributed by atoms with Crippen LogP contribution >= 0.6 is 11.6 Å². The summed E-state index contributed by atoms with van der Waals surface area (Å²) < 4.78 is 10.8. The Hall–Kier alpha value is -1.48. The van der Waals surface area contributed by atoms with Crippen molar-refractivity contribution in [1.82, 2.24) is 0 Å². The lowest BCUT2D eigenvalue weighted by Crippen LogP contribution is -2.15. The summed E-state index contributed by atoms with van der Waals surface area (Å²) in [5.74, 6) is 1.43. The standard InChI is InChI=1S/C11H9ClO3/c12-11(13)4-2-8-1-3-9-10(7-8)15-6-5-14-9/h1-4,7H,5-6H2/b4-2+. The lowest BCUT2D eigenvalue weighted by molar-refractivity contribution is -0.107. The first kappa shape index (κ1) is 10.1. The van der Waals surface area contributed by atoms with Crippen molar-refractivity contribution < 1.29 is 14.3 Å². The molecule has 0 fully saturated rings. The van der Waals surface area contributed by atoms with Gasteiger partial charge in [-0.3, -0.25) is 4.79 Å². The number of hydrogen-bond donors (Lipinski definition) is 0. The van der Waals surface area contributed by atoms with Gasteiger partial charge in [-0.25, -0.2) is 0 Å². The van der Waals surface area contributed by atoms with Crippen LogP contribution < -0.4 is 9.47 Å². The van der Waals surface area contributed by atoms with E-state index in [-0.39, 0.29) is 0 Å². The molecular weight excluding hydrogens is 216 g/mol. The molecule has 1 aromatic carbocycles. The van der Waals surface area contributed by atoms with Crippen molar-refractivity contribution in [3.63, 3.8) is 0 Å². The normalized spacial score (nSPS) is 14.2. The molecule has 0 radical (unpaired) electrons. The van der Waals surface area contributed by atoms with Gasteiger partial charge in [0.2, 0.25) is 5.24 Å². The number of fused-ring (bicyclic) bond motifs is 1. The largest absolute Gasteiger partial charge is 0.486 e. The van der Waals surface area contributed by atoms with Gasteiger partial charge in [0.15, 0.2) is 11.5 Å². The molecule has 78 valence electrons. The molecule has 15 heavy (non-hydrogen) atoms. The molecule has 1 aromatic rings. The van der Waals surface area contributed by atoms with Gasteiger partial charge in [-0.1, -0.05) is 12.1 Å². The van der Waals surface area contributed by atoms with Gasteiger partial charge in [0.1, 0.15) is 13.2 Å². The highest BCUT2D eigenvalue weighted by Crippen LogP contribution is 2.30. The lowest BCUT2D eigenvalue weighted by atomic mass is 10.2. The highest BCUT2D eigenvalue weighted by Gasteiger charge is 2.10. The molecule has 2 rings (SSSR count). The maximum Gasteiger partial charge on any atom is 0.245 e. The number of ether oxygens (including phenoxy) is 2. The first-order valence-electron chi connectivity index (χ1n) is 4.53. The zero-order chi connectivity index (χ0) is 10.7. The number of allylic oxidation sites excluding steroid dienone is 1. The molecule has 1 aliphatic heterocycles. The van der Waals surface area contributed by atoms with Crippen LogP contribution in [0.2, 0.25) is 0 Å². The second-order valence-corrected chi connectivity index (χ2v) is 3.41. The van der Waals surface area contributed by atoms with Gasteiger partial charge in [0, 0.05) is 0 Å². The molecule has 1 heterocycles. The van der Waals surface area contributed by atoms with Crippen LogP contribution in [0.25, 0.3) is 6.08 Å².